The summed E-state index contributed by atoms with van der Waals surface area (Å²) in [6.07, 6.45) is 0. The predicted octanol–water partition coefficient (Wildman–Crippen LogP) is 11.2. The van der Waals surface area contributed by atoms with E-state index in [9.17, 15) is 0 Å². The first kappa shape index (κ1) is 25.8. The molecule has 0 spiro atoms. The van der Waals surface area contributed by atoms with E-state index in [-0.39, 0.29) is 0 Å². The van der Waals surface area contributed by atoms with Crippen LogP contribution in [0.25, 0.3) is 87.0 Å². The Morgan fingerprint density at radius 3 is 1.76 bits per heavy atom. The van der Waals surface area contributed by atoms with Crippen LogP contribution in [0.3, 0.4) is 0 Å². The van der Waals surface area contributed by atoms with Gasteiger partial charge in [0, 0.05) is 42.2 Å². The fourth-order valence-corrected chi connectivity index (χ4v) is 7.69. The third-order valence-corrected chi connectivity index (χ3v) is 9.73. The average Bonchev–Trinajstić information content (AvgIpc) is 3.51. The Morgan fingerprint density at radius 1 is 0.378 bits per heavy atom. The Hall–Kier alpha value is -5.71. The summed E-state index contributed by atoms with van der Waals surface area (Å²) >= 11 is 1.86. The zero-order chi connectivity index (χ0) is 29.7. The van der Waals surface area contributed by atoms with Crippen molar-refractivity contribution in [1.82, 2.24) is 15.0 Å². The average molecular weight is 592 g/mol. The molecule has 0 saturated heterocycles. The van der Waals surface area contributed by atoms with Gasteiger partial charge in [0.15, 0.2) is 17.5 Å². The van der Waals surface area contributed by atoms with E-state index in [1.54, 1.807) is 0 Å². The lowest BCUT2D eigenvalue weighted by Crippen LogP contribution is -2.01. The van der Waals surface area contributed by atoms with Crippen molar-refractivity contribution in [1.29, 1.82) is 0 Å². The zero-order valence-corrected chi connectivity index (χ0v) is 25.0. The first-order valence-corrected chi connectivity index (χ1v) is 15.9. The number of aromatic nitrogens is 3. The summed E-state index contributed by atoms with van der Waals surface area (Å²) < 4.78 is 2.58. The summed E-state index contributed by atoms with van der Waals surface area (Å²) in [5.74, 6) is 1.98. The van der Waals surface area contributed by atoms with E-state index in [0.29, 0.717) is 17.5 Å². The van der Waals surface area contributed by atoms with Gasteiger partial charge < -0.3 is 0 Å². The minimum Gasteiger partial charge on any atom is -0.208 e. The SMILES string of the molecule is c1ccc(-c2nc(-c3ccccc3-c3ccccc3)nc(-c3cc4ccccc4c4c3ccc3c5ccccc5sc34)n2)cc1. The van der Waals surface area contributed by atoms with E-state index in [1.807, 2.05) is 35.6 Å². The van der Waals surface area contributed by atoms with Crippen LogP contribution in [0.4, 0.5) is 0 Å². The molecule has 0 amide bonds. The Morgan fingerprint density at radius 2 is 0.956 bits per heavy atom. The molecule has 7 aromatic carbocycles. The van der Waals surface area contributed by atoms with Gasteiger partial charge in [-0.05, 0) is 39.4 Å². The molecule has 0 radical (unpaired) electrons. The molecule has 210 valence electrons. The Labute approximate surface area is 264 Å². The molecule has 0 atom stereocenters. The molecule has 9 rings (SSSR count). The van der Waals surface area contributed by atoms with Gasteiger partial charge in [-0.15, -0.1) is 11.3 Å². The minimum absolute atomic E-state index is 0.655. The van der Waals surface area contributed by atoms with Crippen LogP contribution in [-0.4, -0.2) is 15.0 Å². The topological polar surface area (TPSA) is 38.7 Å². The van der Waals surface area contributed by atoms with Gasteiger partial charge in [0.25, 0.3) is 0 Å². The first-order valence-electron chi connectivity index (χ1n) is 15.0. The van der Waals surface area contributed by atoms with Gasteiger partial charge in [-0.25, -0.2) is 15.0 Å². The standard InChI is InChI=1S/C41H25N3S/c1-3-13-26(14-4-1)29-18-9-10-21-34(29)40-42-39(27-15-5-2-6-16-27)43-41(44-40)35-25-28-17-7-8-19-30(28)37-32(35)23-24-33-31-20-11-12-22-36(31)45-38(33)37/h1-25H. The highest BCUT2D eigenvalue weighted by Gasteiger charge is 2.19. The van der Waals surface area contributed by atoms with Crippen LogP contribution in [0.5, 0.6) is 0 Å². The fraction of sp³-hybridized carbons (Fsp3) is 0. The van der Waals surface area contributed by atoms with E-state index in [4.69, 9.17) is 15.0 Å². The summed E-state index contributed by atoms with van der Waals surface area (Å²) in [5, 5.41) is 7.36. The second-order valence-electron chi connectivity index (χ2n) is 11.2. The van der Waals surface area contributed by atoms with Crippen molar-refractivity contribution in [3.63, 3.8) is 0 Å². The van der Waals surface area contributed by atoms with E-state index in [0.717, 1.165) is 38.6 Å². The van der Waals surface area contributed by atoms with Gasteiger partial charge in [0.1, 0.15) is 0 Å². The van der Waals surface area contributed by atoms with Gasteiger partial charge in [-0.2, -0.15) is 0 Å². The van der Waals surface area contributed by atoms with E-state index < -0.39 is 0 Å². The van der Waals surface area contributed by atoms with Crippen molar-refractivity contribution >= 4 is 53.1 Å². The highest BCUT2D eigenvalue weighted by atomic mass is 32.1. The third-order valence-electron chi connectivity index (χ3n) is 8.53. The third kappa shape index (κ3) is 4.30. The maximum Gasteiger partial charge on any atom is 0.164 e. The van der Waals surface area contributed by atoms with E-state index in [2.05, 4.69) is 127 Å². The van der Waals surface area contributed by atoms with Gasteiger partial charge in [0.2, 0.25) is 0 Å². The van der Waals surface area contributed by atoms with Crippen LogP contribution >= 0.6 is 11.3 Å². The highest BCUT2D eigenvalue weighted by Crippen LogP contribution is 2.44. The lowest BCUT2D eigenvalue weighted by Gasteiger charge is -2.14. The number of fused-ring (bicyclic) bond motifs is 7. The number of rotatable bonds is 4. The van der Waals surface area contributed by atoms with Gasteiger partial charge in [-0.3, -0.25) is 0 Å². The molecule has 45 heavy (non-hydrogen) atoms. The lowest BCUT2D eigenvalue weighted by atomic mass is 9.95. The summed E-state index contributed by atoms with van der Waals surface area (Å²) in [7, 11) is 0. The molecule has 0 aliphatic carbocycles. The first-order chi connectivity index (χ1) is 22.3. The van der Waals surface area contributed by atoms with Gasteiger partial charge in [0.05, 0.1) is 0 Å². The van der Waals surface area contributed by atoms with Crippen molar-refractivity contribution in [2.24, 2.45) is 0 Å². The molecule has 0 N–H and O–H groups in total. The molecular weight excluding hydrogens is 567 g/mol. The molecule has 0 unspecified atom stereocenters. The number of hydrogen-bond donors (Lipinski definition) is 0. The van der Waals surface area contributed by atoms with Gasteiger partial charge in [-0.1, -0.05) is 140 Å². The van der Waals surface area contributed by atoms with Crippen LogP contribution in [0.2, 0.25) is 0 Å². The highest BCUT2D eigenvalue weighted by molar-refractivity contribution is 7.26. The molecule has 2 heterocycles. The van der Waals surface area contributed by atoms with Gasteiger partial charge >= 0.3 is 0 Å². The van der Waals surface area contributed by atoms with Crippen molar-refractivity contribution in [3.8, 4) is 45.3 Å². The number of thiophene rings is 1. The molecule has 4 heteroatoms. The number of hydrogen-bond acceptors (Lipinski definition) is 4. The maximum absolute atomic E-state index is 5.25. The molecule has 3 nitrogen and oxygen atoms in total. The second kappa shape index (κ2) is 10.5. The summed E-state index contributed by atoms with van der Waals surface area (Å²) in [6.45, 7) is 0. The normalized spacial score (nSPS) is 11.6. The largest absolute Gasteiger partial charge is 0.208 e. The minimum atomic E-state index is 0.655. The van der Waals surface area contributed by atoms with E-state index >= 15 is 0 Å². The van der Waals surface area contributed by atoms with Crippen LogP contribution in [0.15, 0.2) is 152 Å². The molecule has 0 aliphatic heterocycles. The summed E-state index contributed by atoms with van der Waals surface area (Å²) in [4.78, 5) is 15.5. The fourth-order valence-electron chi connectivity index (χ4n) is 6.43. The second-order valence-corrected chi connectivity index (χ2v) is 12.2. The number of benzene rings is 7. The van der Waals surface area contributed by atoms with Crippen molar-refractivity contribution in [2.75, 3.05) is 0 Å². The monoisotopic (exact) mass is 591 g/mol. The molecule has 0 aliphatic rings. The van der Waals surface area contributed by atoms with Crippen LogP contribution < -0.4 is 0 Å². The summed E-state index contributed by atoms with van der Waals surface area (Å²) in [5.41, 5.74) is 5.14. The molecule has 9 aromatic rings. The van der Waals surface area contributed by atoms with Crippen molar-refractivity contribution in [2.45, 2.75) is 0 Å². The van der Waals surface area contributed by atoms with E-state index in [1.165, 1.54) is 30.9 Å². The molecule has 0 saturated carbocycles. The van der Waals surface area contributed by atoms with Crippen LogP contribution in [0.1, 0.15) is 0 Å². The molecule has 0 fully saturated rings. The van der Waals surface area contributed by atoms with Crippen molar-refractivity contribution in [3.05, 3.63) is 152 Å². The predicted molar refractivity (Wildman–Crippen MR) is 189 cm³/mol. The zero-order valence-electron chi connectivity index (χ0n) is 24.2. The quantitative estimate of drug-likeness (QED) is 0.191. The molecule has 0 bridgehead atoms. The van der Waals surface area contributed by atoms with Crippen LogP contribution in [0, 0.1) is 0 Å². The Balaban J connectivity index is 1.37. The smallest absolute Gasteiger partial charge is 0.164 e. The van der Waals surface area contributed by atoms with Crippen molar-refractivity contribution < 1.29 is 0 Å². The Bertz CT molecular complexity index is 2540. The lowest BCUT2D eigenvalue weighted by molar-refractivity contribution is 1.08. The Kier molecular flexibility index (Phi) is 6.00. The number of nitrogens with zero attached hydrogens (tertiary/aromatic N) is 3. The maximum atomic E-state index is 5.25. The summed E-state index contributed by atoms with van der Waals surface area (Å²) in [6, 6.07) is 53.1. The molecule has 2 aromatic heterocycles. The van der Waals surface area contributed by atoms with Crippen LogP contribution in [-0.2, 0) is 0 Å². The molecular formula is C41H25N3S.